The zero-order chi connectivity index (χ0) is 41.9. The number of thioether (sulfide) groups is 1. The van der Waals surface area contributed by atoms with Gasteiger partial charge in [0.2, 0.25) is 0 Å². The second-order valence-corrected chi connectivity index (χ2v) is 17.9. The van der Waals surface area contributed by atoms with Gasteiger partial charge in [0.05, 0.1) is 19.5 Å². The summed E-state index contributed by atoms with van der Waals surface area (Å²) in [5.41, 5.74) is 6.91. The molecule has 4 heterocycles. The highest BCUT2D eigenvalue weighted by atomic mass is 32.2. The van der Waals surface area contributed by atoms with Crippen molar-refractivity contribution in [3.63, 3.8) is 0 Å². The molecule has 19 nitrogen and oxygen atoms in total. The number of anilines is 1. The van der Waals surface area contributed by atoms with E-state index in [0.717, 1.165) is 12.0 Å². The number of carbonyl (C=O) groups excluding carboxylic acids is 3. The van der Waals surface area contributed by atoms with Gasteiger partial charge in [-0.3, -0.25) is 23.5 Å². The standard InChI is InChI=1S/C37H55N8O11PS/c1-36(2,3)56-35(48)43-25(16-19-58-6)32(46)44-57(49,51-18-13-8-7-12-17-39-34(47)50-20-24-14-10-9-11-15-24)52-21-26-28-29(55-37(4,5)54-28)33(53-26)45-23-42-27-30(38)40-22-41-31(27)45/h9-11,14-15,22-23,25-26,28-29,33H,7-8,12-13,16-21H2,1-6H3,(H,39,47)(H,43,48)(H2,38,40,41)(H,44,46,49)/t25-,26+,28+,29+,33+,57?/m0/s1. The molecule has 5 rings (SSSR count). The number of fused-ring (bicyclic) bond motifs is 2. The molecule has 6 atom stereocenters. The molecule has 1 aromatic carbocycles. The molecule has 5 N–H and O–H groups in total. The molecule has 0 saturated carbocycles. The SMILES string of the molecule is CSCC[C@H](NC(=O)OC(C)(C)C)C(=O)NP(=O)(OCCCCCCNC(=O)OCc1ccccc1)OC[C@H]1O[C@@H](n2cnc3c(N)ncnc32)[C@@H]2OC(C)(C)O[C@@H]21. The molecule has 2 aliphatic rings. The van der Waals surface area contributed by atoms with Crippen molar-refractivity contribution in [2.24, 2.45) is 0 Å². The largest absolute Gasteiger partial charge is 0.445 e. The van der Waals surface area contributed by atoms with E-state index >= 15 is 0 Å². The second-order valence-electron chi connectivity index (χ2n) is 15.2. The number of amides is 3. The lowest BCUT2D eigenvalue weighted by Crippen LogP contribution is -2.48. The maximum atomic E-state index is 14.4. The minimum Gasteiger partial charge on any atom is -0.445 e. The highest BCUT2D eigenvalue weighted by Crippen LogP contribution is 2.48. The Labute approximate surface area is 342 Å². The van der Waals surface area contributed by atoms with Gasteiger partial charge >= 0.3 is 19.9 Å². The van der Waals surface area contributed by atoms with Crippen LogP contribution in [0.5, 0.6) is 0 Å². The van der Waals surface area contributed by atoms with Crippen LogP contribution in [-0.4, -0.2) is 105 Å². The minimum absolute atomic E-state index is 0.0337. The molecule has 0 bridgehead atoms. The number of rotatable bonds is 20. The number of aromatic nitrogens is 4. The summed E-state index contributed by atoms with van der Waals surface area (Å²) in [5.74, 6) is -1.07. The van der Waals surface area contributed by atoms with Crippen LogP contribution in [0.15, 0.2) is 43.0 Å². The summed E-state index contributed by atoms with van der Waals surface area (Å²) in [6.45, 7) is 8.87. The molecule has 2 saturated heterocycles. The van der Waals surface area contributed by atoms with E-state index in [2.05, 4.69) is 30.7 Å². The van der Waals surface area contributed by atoms with E-state index in [-0.39, 0.29) is 32.1 Å². The first kappa shape index (κ1) is 45.1. The number of ether oxygens (including phenoxy) is 5. The van der Waals surface area contributed by atoms with Crippen LogP contribution < -0.4 is 21.5 Å². The fourth-order valence-corrected chi connectivity index (χ4v) is 8.06. The van der Waals surface area contributed by atoms with Crippen LogP contribution in [0.4, 0.5) is 15.4 Å². The van der Waals surface area contributed by atoms with Crippen molar-refractivity contribution in [1.29, 1.82) is 0 Å². The average molecular weight is 851 g/mol. The van der Waals surface area contributed by atoms with Crippen molar-refractivity contribution in [3.05, 3.63) is 48.5 Å². The summed E-state index contributed by atoms with van der Waals surface area (Å²) >= 11 is 1.47. The van der Waals surface area contributed by atoms with E-state index in [1.54, 1.807) is 39.2 Å². The number of hydrogen-bond acceptors (Lipinski definition) is 16. The Morgan fingerprint density at radius 3 is 2.50 bits per heavy atom. The molecular formula is C37H55N8O11PS. The van der Waals surface area contributed by atoms with Crippen LogP contribution in [0.2, 0.25) is 0 Å². The fraction of sp³-hybridized carbons (Fsp3) is 0.622. The van der Waals surface area contributed by atoms with Crippen LogP contribution >= 0.6 is 19.5 Å². The van der Waals surface area contributed by atoms with Crippen molar-refractivity contribution in [2.45, 2.75) is 115 Å². The van der Waals surface area contributed by atoms with Gasteiger partial charge in [0, 0.05) is 6.54 Å². The van der Waals surface area contributed by atoms with Gasteiger partial charge in [-0.1, -0.05) is 43.2 Å². The summed E-state index contributed by atoms with van der Waals surface area (Å²) in [7, 11) is -4.40. The predicted molar refractivity (Wildman–Crippen MR) is 214 cm³/mol. The molecular weight excluding hydrogens is 795 g/mol. The minimum atomic E-state index is -4.40. The third-order valence-electron chi connectivity index (χ3n) is 8.87. The molecule has 0 radical (unpaired) electrons. The van der Waals surface area contributed by atoms with Crippen LogP contribution in [0, 0.1) is 0 Å². The zero-order valence-electron chi connectivity index (χ0n) is 33.7. The number of benzene rings is 1. The number of nitrogens with one attached hydrogen (secondary N) is 3. The zero-order valence-corrected chi connectivity index (χ0v) is 35.4. The number of hydrogen-bond donors (Lipinski definition) is 4. The lowest BCUT2D eigenvalue weighted by molar-refractivity contribution is -0.199. The molecule has 3 aromatic rings. The van der Waals surface area contributed by atoms with E-state index in [4.69, 9.17) is 38.5 Å². The van der Waals surface area contributed by atoms with Crippen molar-refractivity contribution >= 4 is 54.6 Å². The smallest absolute Gasteiger partial charge is 0.435 e. The summed E-state index contributed by atoms with van der Waals surface area (Å²) in [6, 6.07) is 8.28. The Morgan fingerprint density at radius 2 is 1.76 bits per heavy atom. The summed E-state index contributed by atoms with van der Waals surface area (Å²) in [5, 5.41) is 7.76. The molecule has 58 heavy (non-hydrogen) atoms. The quantitative estimate of drug-likeness (QED) is 0.0842. The number of nitrogen functional groups attached to an aromatic ring is 1. The molecule has 3 amide bonds. The molecule has 0 aliphatic carbocycles. The molecule has 1 unspecified atom stereocenters. The van der Waals surface area contributed by atoms with Crippen LogP contribution in [-0.2, 0) is 48.7 Å². The summed E-state index contributed by atoms with van der Waals surface area (Å²) in [4.78, 5) is 51.2. The molecule has 21 heteroatoms. The van der Waals surface area contributed by atoms with Gasteiger partial charge in [0.25, 0.3) is 5.91 Å². The third kappa shape index (κ3) is 13.0. The maximum absolute atomic E-state index is 14.4. The number of nitrogens with zero attached hydrogens (tertiary/aromatic N) is 4. The van der Waals surface area contributed by atoms with E-state index in [1.165, 1.54) is 24.4 Å². The number of unbranched alkanes of at least 4 members (excludes halogenated alkanes) is 3. The Bertz CT molecular complexity index is 1880. The summed E-state index contributed by atoms with van der Waals surface area (Å²) < 4.78 is 57.4. The van der Waals surface area contributed by atoms with E-state index in [0.29, 0.717) is 42.7 Å². The van der Waals surface area contributed by atoms with Crippen molar-refractivity contribution < 1.29 is 51.7 Å². The molecule has 2 fully saturated rings. The van der Waals surface area contributed by atoms with Gasteiger partial charge < -0.3 is 40.1 Å². The lowest BCUT2D eigenvalue weighted by Gasteiger charge is -2.27. The average Bonchev–Trinajstić information content (AvgIpc) is 3.83. The highest BCUT2D eigenvalue weighted by molar-refractivity contribution is 7.98. The van der Waals surface area contributed by atoms with Gasteiger partial charge in [-0.25, -0.2) is 29.1 Å². The van der Waals surface area contributed by atoms with E-state index < -0.39 is 67.8 Å². The third-order valence-corrected chi connectivity index (χ3v) is 11.0. The number of nitrogens with two attached hydrogens (primary N) is 1. The molecule has 320 valence electrons. The highest BCUT2D eigenvalue weighted by Gasteiger charge is 2.56. The van der Waals surface area contributed by atoms with Gasteiger partial charge in [-0.2, -0.15) is 11.8 Å². The van der Waals surface area contributed by atoms with Gasteiger partial charge in [-0.05, 0) is 71.5 Å². The Hall–Kier alpha value is -4.04. The molecule has 2 aliphatic heterocycles. The number of alkyl carbamates (subject to hydrolysis) is 2. The Kier molecular flexibility index (Phi) is 15.8. The lowest BCUT2D eigenvalue weighted by atomic mass is 10.1. The monoisotopic (exact) mass is 850 g/mol. The van der Waals surface area contributed by atoms with E-state index in [1.807, 2.05) is 36.6 Å². The van der Waals surface area contributed by atoms with Crippen molar-refractivity contribution in [2.75, 3.05) is 37.5 Å². The summed E-state index contributed by atoms with van der Waals surface area (Å²) in [6.07, 6.45) is 3.15. The first-order chi connectivity index (χ1) is 27.6. The van der Waals surface area contributed by atoms with Gasteiger partial charge in [0.15, 0.2) is 23.5 Å². The van der Waals surface area contributed by atoms with Gasteiger partial charge in [-0.15, -0.1) is 0 Å². The molecule has 0 spiro atoms. The Morgan fingerprint density at radius 1 is 1.02 bits per heavy atom. The van der Waals surface area contributed by atoms with Crippen LogP contribution in [0.25, 0.3) is 11.2 Å². The van der Waals surface area contributed by atoms with Gasteiger partial charge in [0.1, 0.15) is 48.4 Å². The Balaban J connectivity index is 1.21. The first-order valence-corrected chi connectivity index (χ1v) is 22.1. The van der Waals surface area contributed by atoms with Crippen molar-refractivity contribution in [3.8, 4) is 0 Å². The normalized spacial score (nSPS) is 21.5. The van der Waals surface area contributed by atoms with E-state index in [9.17, 15) is 18.9 Å². The number of imidazole rings is 1. The van der Waals surface area contributed by atoms with Crippen LogP contribution in [0.3, 0.4) is 0 Å². The van der Waals surface area contributed by atoms with Crippen LogP contribution in [0.1, 0.15) is 78.5 Å². The second kappa shape index (κ2) is 20.3. The topological polar surface area (TPSA) is 239 Å². The van der Waals surface area contributed by atoms with Crippen molar-refractivity contribution in [1.82, 2.24) is 35.2 Å². The number of carbonyl (C=O) groups is 3. The first-order valence-electron chi connectivity index (χ1n) is 19.1. The fourth-order valence-electron chi connectivity index (χ4n) is 6.24. The molecule has 2 aromatic heterocycles. The predicted octanol–water partition coefficient (Wildman–Crippen LogP) is 5.22. The maximum Gasteiger partial charge on any atom is 0.435 e.